The third-order valence-electron chi connectivity index (χ3n) is 4.69. The molecule has 0 radical (unpaired) electrons. The highest BCUT2D eigenvalue weighted by Crippen LogP contribution is 2.46. The van der Waals surface area contributed by atoms with Gasteiger partial charge < -0.3 is 5.32 Å². The van der Waals surface area contributed by atoms with Crippen LogP contribution in [-0.4, -0.2) is 37.4 Å². The molecular formula is C19H19BrN4O3S. The largest absolute Gasteiger partial charge is 0.354 e. The average Bonchev–Trinajstić information content (AvgIpc) is 3.40. The van der Waals surface area contributed by atoms with Gasteiger partial charge in [-0.05, 0) is 54.7 Å². The van der Waals surface area contributed by atoms with E-state index in [0.29, 0.717) is 33.9 Å². The highest BCUT2D eigenvalue weighted by atomic mass is 79.9. The lowest BCUT2D eigenvalue weighted by atomic mass is 10.0. The molecule has 1 aromatic heterocycles. The Morgan fingerprint density at radius 1 is 1.18 bits per heavy atom. The summed E-state index contributed by atoms with van der Waals surface area (Å²) in [5.74, 6) is -0.0443. The molecule has 28 heavy (non-hydrogen) atoms. The first-order chi connectivity index (χ1) is 13.3. The minimum atomic E-state index is -3.53. The minimum Gasteiger partial charge on any atom is -0.354 e. The molecule has 2 aromatic carbocycles. The van der Waals surface area contributed by atoms with Gasteiger partial charge in [0, 0.05) is 11.5 Å². The van der Waals surface area contributed by atoms with Gasteiger partial charge in [-0.25, -0.2) is 13.1 Å². The van der Waals surface area contributed by atoms with Crippen molar-refractivity contribution in [3.8, 4) is 5.69 Å². The third-order valence-corrected chi connectivity index (χ3v) is 5.79. The fraction of sp³-hybridized carbons (Fsp3) is 0.263. The first-order valence-corrected chi connectivity index (χ1v) is 11.5. The second kappa shape index (κ2) is 6.89. The molecule has 0 saturated heterocycles. The molecule has 1 fully saturated rings. The first-order valence-electron chi connectivity index (χ1n) is 8.80. The van der Waals surface area contributed by atoms with Gasteiger partial charge in [-0.1, -0.05) is 22.0 Å². The Morgan fingerprint density at radius 2 is 1.86 bits per heavy atom. The van der Waals surface area contributed by atoms with Crippen molar-refractivity contribution in [2.75, 3.05) is 18.0 Å². The zero-order chi connectivity index (χ0) is 20.1. The number of hydrogen-bond donors (Lipinski definition) is 2. The fourth-order valence-electron chi connectivity index (χ4n) is 3.32. The van der Waals surface area contributed by atoms with Crippen LogP contribution in [-0.2, 0) is 10.0 Å². The molecule has 0 atom stereocenters. The molecule has 9 heteroatoms. The standard InChI is InChI=1S/C19H19BrN4O3S/c1-21-19(25)18-16-15(22-24(18)13-7-5-12(20)6-8-13)10-9-14(11-3-4-11)17(16)23-28(2,26)27/h5-11,23H,3-4H2,1-2H3,(H,21,25). The van der Waals surface area contributed by atoms with Crippen molar-refractivity contribution in [2.45, 2.75) is 18.8 Å². The lowest BCUT2D eigenvalue weighted by Crippen LogP contribution is -2.22. The number of nitrogens with one attached hydrogen (secondary N) is 2. The van der Waals surface area contributed by atoms with Crippen LogP contribution >= 0.6 is 15.9 Å². The van der Waals surface area contributed by atoms with Crippen LogP contribution in [0.1, 0.15) is 34.8 Å². The Bertz CT molecular complexity index is 1180. The van der Waals surface area contributed by atoms with E-state index >= 15 is 0 Å². The van der Waals surface area contributed by atoms with E-state index in [9.17, 15) is 13.2 Å². The maximum Gasteiger partial charge on any atom is 0.270 e. The summed E-state index contributed by atoms with van der Waals surface area (Å²) < 4.78 is 29.2. The summed E-state index contributed by atoms with van der Waals surface area (Å²) >= 11 is 3.41. The Morgan fingerprint density at radius 3 is 2.43 bits per heavy atom. The van der Waals surface area contributed by atoms with Gasteiger partial charge in [0.1, 0.15) is 5.69 Å². The zero-order valence-electron chi connectivity index (χ0n) is 15.4. The number of amides is 1. The van der Waals surface area contributed by atoms with Gasteiger partial charge in [0.2, 0.25) is 10.0 Å². The maximum absolute atomic E-state index is 12.8. The van der Waals surface area contributed by atoms with Crippen LogP contribution in [0.4, 0.5) is 5.69 Å². The van der Waals surface area contributed by atoms with Crippen molar-refractivity contribution in [3.05, 3.63) is 52.1 Å². The van der Waals surface area contributed by atoms with Gasteiger partial charge >= 0.3 is 0 Å². The zero-order valence-corrected chi connectivity index (χ0v) is 17.8. The van der Waals surface area contributed by atoms with Crippen molar-refractivity contribution in [1.29, 1.82) is 0 Å². The van der Waals surface area contributed by atoms with Gasteiger partial charge in [0.25, 0.3) is 5.91 Å². The minimum absolute atomic E-state index is 0.294. The van der Waals surface area contributed by atoms with Crippen LogP contribution in [0.15, 0.2) is 40.9 Å². The lowest BCUT2D eigenvalue weighted by molar-refractivity contribution is 0.0957. The number of anilines is 1. The van der Waals surface area contributed by atoms with Crippen molar-refractivity contribution in [2.24, 2.45) is 0 Å². The normalized spacial score (nSPS) is 14.2. The lowest BCUT2D eigenvalue weighted by Gasteiger charge is -2.13. The number of benzene rings is 2. The summed E-state index contributed by atoms with van der Waals surface area (Å²) in [5, 5.41) is 7.76. The highest BCUT2D eigenvalue weighted by Gasteiger charge is 2.31. The molecule has 2 N–H and O–H groups in total. The van der Waals surface area contributed by atoms with E-state index in [-0.39, 0.29) is 5.91 Å². The maximum atomic E-state index is 12.8. The Balaban J connectivity index is 2.06. The molecule has 146 valence electrons. The molecule has 0 aliphatic heterocycles. The number of hydrogen-bond acceptors (Lipinski definition) is 4. The topological polar surface area (TPSA) is 93.1 Å². The molecule has 0 bridgehead atoms. The molecule has 1 heterocycles. The second-order valence-electron chi connectivity index (χ2n) is 6.89. The molecule has 0 unspecified atom stereocenters. The van der Waals surface area contributed by atoms with E-state index in [1.165, 1.54) is 0 Å². The molecule has 1 amide bonds. The summed E-state index contributed by atoms with van der Waals surface area (Å²) in [6.07, 6.45) is 3.11. The highest BCUT2D eigenvalue weighted by molar-refractivity contribution is 9.10. The number of fused-ring (bicyclic) bond motifs is 1. The molecular weight excluding hydrogens is 444 g/mol. The molecule has 0 spiro atoms. The summed E-state index contributed by atoms with van der Waals surface area (Å²) in [7, 11) is -1.99. The average molecular weight is 463 g/mol. The van der Waals surface area contributed by atoms with Crippen LogP contribution in [0.5, 0.6) is 0 Å². The van der Waals surface area contributed by atoms with Gasteiger partial charge in [0.15, 0.2) is 0 Å². The van der Waals surface area contributed by atoms with Crippen LogP contribution in [0.3, 0.4) is 0 Å². The van der Waals surface area contributed by atoms with Crippen LogP contribution in [0, 0.1) is 0 Å². The molecule has 1 aliphatic carbocycles. The number of carbonyl (C=O) groups excluding carboxylic acids is 1. The van der Waals surface area contributed by atoms with E-state index in [1.54, 1.807) is 11.7 Å². The number of sulfonamides is 1. The van der Waals surface area contributed by atoms with Crippen LogP contribution in [0.25, 0.3) is 16.6 Å². The summed E-state index contributed by atoms with van der Waals surface area (Å²) in [6, 6.07) is 11.2. The smallest absolute Gasteiger partial charge is 0.270 e. The van der Waals surface area contributed by atoms with Gasteiger partial charge in [-0.3, -0.25) is 9.52 Å². The van der Waals surface area contributed by atoms with Crippen molar-refractivity contribution in [3.63, 3.8) is 0 Å². The van der Waals surface area contributed by atoms with Gasteiger partial charge in [0.05, 0.1) is 28.5 Å². The SMILES string of the molecule is CNC(=O)c1c2c(NS(C)(=O)=O)c(C3CC3)ccc2nn1-c1ccc(Br)cc1. The number of halogens is 1. The third kappa shape index (κ3) is 3.51. The first kappa shape index (κ1) is 18.9. The van der Waals surface area contributed by atoms with E-state index < -0.39 is 10.0 Å². The quantitative estimate of drug-likeness (QED) is 0.607. The number of carbonyl (C=O) groups is 1. The number of rotatable bonds is 5. The van der Waals surface area contributed by atoms with E-state index in [4.69, 9.17) is 0 Å². The van der Waals surface area contributed by atoms with E-state index in [1.807, 2.05) is 36.4 Å². The predicted molar refractivity (Wildman–Crippen MR) is 113 cm³/mol. The molecule has 3 aromatic rings. The Labute approximate surface area is 171 Å². The second-order valence-corrected chi connectivity index (χ2v) is 9.55. The summed E-state index contributed by atoms with van der Waals surface area (Å²) in [4.78, 5) is 12.8. The molecule has 1 aliphatic rings. The summed E-state index contributed by atoms with van der Waals surface area (Å²) in [6.45, 7) is 0. The Kier molecular flexibility index (Phi) is 4.67. The fourth-order valence-corrected chi connectivity index (χ4v) is 4.18. The van der Waals surface area contributed by atoms with Crippen molar-refractivity contribution in [1.82, 2.24) is 15.1 Å². The molecule has 1 saturated carbocycles. The summed E-state index contributed by atoms with van der Waals surface area (Å²) in [5.41, 5.74) is 2.91. The van der Waals surface area contributed by atoms with Crippen LogP contribution in [0.2, 0.25) is 0 Å². The molecule has 4 rings (SSSR count). The van der Waals surface area contributed by atoms with Crippen molar-refractivity contribution >= 4 is 48.5 Å². The van der Waals surface area contributed by atoms with E-state index in [2.05, 4.69) is 31.1 Å². The predicted octanol–water partition coefficient (Wildman–Crippen LogP) is 3.40. The number of nitrogens with zero attached hydrogens (tertiary/aromatic N) is 2. The van der Waals surface area contributed by atoms with E-state index in [0.717, 1.165) is 29.1 Å². The monoisotopic (exact) mass is 462 g/mol. The van der Waals surface area contributed by atoms with Crippen LogP contribution < -0.4 is 10.0 Å². The van der Waals surface area contributed by atoms with Crippen molar-refractivity contribution < 1.29 is 13.2 Å². The number of aromatic nitrogens is 2. The van der Waals surface area contributed by atoms with Gasteiger partial charge in [-0.15, -0.1) is 0 Å². The van der Waals surface area contributed by atoms with Gasteiger partial charge in [-0.2, -0.15) is 5.10 Å². The molecule has 7 nitrogen and oxygen atoms in total. The Hall–Kier alpha value is -2.39.